The maximum absolute atomic E-state index is 13.1. The molecule has 1 aliphatic heterocycles. The molecule has 0 amide bonds. The SMILES string of the molecule is CCNC(=NCCc1ccc(F)cc1Cl)N1CCC(C(=O)OCC)CC1.I. The summed E-state index contributed by atoms with van der Waals surface area (Å²) in [6, 6.07) is 4.44. The highest BCUT2D eigenvalue weighted by Gasteiger charge is 2.27. The first kappa shape index (κ1) is 23.9. The average Bonchev–Trinajstić information content (AvgIpc) is 2.63. The Balaban J connectivity index is 0.00000364. The quantitative estimate of drug-likeness (QED) is 0.273. The largest absolute Gasteiger partial charge is 0.466 e. The molecule has 27 heavy (non-hydrogen) atoms. The monoisotopic (exact) mass is 511 g/mol. The summed E-state index contributed by atoms with van der Waals surface area (Å²) in [4.78, 5) is 18.7. The van der Waals surface area contributed by atoms with Gasteiger partial charge in [-0.25, -0.2) is 4.39 Å². The number of piperidine rings is 1. The molecule has 2 rings (SSSR count). The standard InChI is InChI=1S/C19H27ClFN3O2.HI/c1-3-22-19(23-10-7-14-5-6-16(21)13-17(14)20)24-11-8-15(9-12-24)18(25)26-4-2;/h5-6,13,15H,3-4,7-12H2,1-2H3,(H,22,23);1H. The Morgan fingerprint density at radius 1 is 1.37 bits per heavy atom. The molecule has 0 bridgehead atoms. The number of carbonyl (C=O) groups excluding carboxylic acids is 1. The van der Waals surface area contributed by atoms with Gasteiger partial charge in [-0.2, -0.15) is 0 Å². The Labute approximate surface area is 182 Å². The molecule has 0 aromatic heterocycles. The molecule has 0 unspecified atom stereocenters. The number of halogens is 3. The molecular weight excluding hydrogens is 484 g/mol. The second-order valence-corrected chi connectivity index (χ2v) is 6.64. The molecule has 0 aliphatic carbocycles. The van der Waals surface area contributed by atoms with Crippen LogP contribution in [0.3, 0.4) is 0 Å². The van der Waals surface area contributed by atoms with Gasteiger partial charge in [0.2, 0.25) is 0 Å². The lowest BCUT2D eigenvalue weighted by molar-refractivity contribution is -0.149. The Kier molecular flexibility index (Phi) is 11.0. The zero-order valence-electron chi connectivity index (χ0n) is 15.8. The van der Waals surface area contributed by atoms with Crippen molar-refractivity contribution < 1.29 is 13.9 Å². The van der Waals surface area contributed by atoms with Crippen molar-refractivity contribution in [2.75, 3.05) is 32.8 Å². The number of aliphatic imine (C=N–C) groups is 1. The van der Waals surface area contributed by atoms with E-state index >= 15 is 0 Å². The zero-order chi connectivity index (χ0) is 18.9. The Hall–Kier alpha value is -1.09. The summed E-state index contributed by atoms with van der Waals surface area (Å²) < 4.78 is 18.2. The first-order chi connectivity index (χ1) is 12.5. The second-order valence-electron chi connectivity index (χ2n) is 6.23. The average molecular weight is 512 g/mol. The molecule has 8 heteroatoms. The number of hydrogen-bond acceptors (Lipinski definition) is 3. The number of likely N-dealkylation sites (tertiary alicyclic amines) is 1. The number of nitrogens with zero attached hydrogens (tertiary/aromatic N) is 2. The topological polar surface area (TPSA) is 53.9 Å². The van der Waals surface area contributed by atoms with Gasteiger partial charge in [0.15, 0.2) is 5.96 Å². The Bertz CT molecular complexity index is 637. The predicted molar refractivity (Wildman–Crippen MR) is 117 cm³/mol. The van der Waals surface area contributed by atoms with Crippen LogP contribution in [0.25, 0.3) is 0 Å². The van der Waals surface area contributed by atoms with Crippen LogP contribution in [0, 0.1) is 11.7 Å². The van der Waals surface area contributed by atoms with Gasteiger partial charge >= 0.3 is 5.97 Å². The van der Waals surface area contributed by atoms with E-state index in [1.54, 1.807) is 6.07 Å². The molecule has 1 aromatic rings. The van der Waals surface area contributed by atoms with Crippen molar-refractivity contribution in [2.24, 2.45) is 10.9 Å². The summed E-state index contributed by atoms with van der Waals surface area (Å²) in [5, 5.41) is 3.73. The minimum absolute atomic E-state index is 0. The van der Waals surface area contributed by atoms with Gasteiger partial charge in [-0.1, -0.05) is 17.7 Å². The lowest BCUT2D eigenvalue weighted by atomic mass is 9.97. The molecular formula is C19H28ClFIN3O2. The number of benzene rings is 1. The number of nitrogens with one attached hydrogen (secondary N) is 1. The minimum atomic E-state index is -0.333. The van der Waals surface area contributed by atoms with Crippen LogP contribution < -0.4 is 5.32 Å². The van der Waals surface area contributed by atoms with E-state index in [0.29, 0.717) is 24.6 Å². The zero-order valence-corrected chi connectivity index (χ0v) is 18.9. The van der Waals surface area contributed by atoms with Crippen molar-refractivity contribution in [2.45, 2.75) is 33.1 Å². The van der Waals surface area contributed by atoms with Crippen molar-refractivity contribution in [3.8, 4) is 0 Å². The van der Waals surface area contributed by atoms with Crippen LogP contribution in [-0.4, -0.2) is 49.6 Å². The van der Waals surface area contributed by atoms with E-state index in [-0.39, 0.29) is 41.7 Å². The summed E-state index contributed by atoms with van der Waals surface area (Å²) in [7, 11) is 0. The third-order valence-electron chi connectivity index (χ3n) is 4.41. The summed E-state index contributed by atoms with van der Waals surface area (Å²) in [6.07, 6.45) is 2.19. The van der Waals surface area contributed by atoms with Gasteiger partial charge in [-0.3, -0.25) is 9.79 Å². The highest BCUT2D eigenvalue weighted by atomic mass is 127. The fourth-order valence-electron chi connectivity index (χ4n) is 3.02. The van der Waals surface area contributed by atoms with Gasteiger partial charge in [0.05, 0.1) is 12.5 Å². The second kappa shape index (κ2) is 12.4. The molecule has 152 valence electrons. The molecule has 5 nitrogen and oxygen atoms in total. The lowest BCUT2D eigenvalue weighted by Gasteiger charge is -2.33. The minimum Gasteiger partial charge on any atom is -0.466 e. The molecule has 0 atom stereocenters. The van der Waals surface area contributed by atoms with Gasteiger partial charge < -0.3 is 15.0 Å². The van der Waals surface area contributed by atoms with Crippen LogP contribution in [0.2, 0.25) is 5.02 Å². The maximum Gasteiger partial charge on any atom is 0.309 e. The van der Waals surface area contributed by atoms with Crippen LogP contribution in [0.5, 0.6) is 0 Å². The first-order valence-electron chi connectivity index (χ1n) is 9.19. The Morgan fingerprint density at radius 3 is 2.67 bits per heavy atom. The fourth-order valence-corrected chi connectivity index (χ4v) is 3.28. The van der Waals surface area contributed by atoms with E-state index in [9.17, 15) is 9.18 Å². The predicted octanol–water partition coefficient (Wildman–Crippen LogP) is 3.88. The number of esters is 1. The van der Waals surface area contributed by atoms with E-state index in [1.165, 1.54) is 12.1 Å². The number of ether oxygens (including phenoxy) is 1. The van der Waals surface area contributed by atoms with Crippen molar-refractivity contribution in [1.29, 1.82) is 0 Å². The smallest absolute Gasteiger partial charge is 0.309 e. The number of carbonyl (C=O) groups is 1. The summed E-state index contributed by atoms with van der Waals surface area (Å²) in [5.74, 6) is 0.389. The van der Waals surface area contributed by atoms with E-state index in [2.05, 4.69) is 15.2 Å². The fraction of sp³-hybridized carbons (Fsp3) is 0.579. The van der Waals surface area contributed by atoms with Gasteiger partial charge in [-0.15, -0.1) is 24.0 Å². The van der Waals surface area contributed by atoms with Gasteiger partial charge in [0.1, 0.15) is 5.82 Å². The van der Waals surface area contributed by atoms with Crippen molar-refractivity contribution in [3.05, 3.63) is 34.6 Å². The van der Waals surface area contributed by atoms with E-state index < -0.39 is 0 Å². The van der Waals surface area contributed by atoms with Crippen LogP contribution in [0.15, 0.2) is 23.2 Å². The van der Waals surface area contributed by atoms with E-state index in [4.69, 9.17) is 16.3 Å². The molecule has 1 aliphatic rings. The molecule has 1 heterocycles. The van der Waals surface area contributed by atoms with Crippen LogP contribution >= 0.6 is 35.6 Å². The van der Waals surface area contributed by atoms with Crippen LogP contribution in [0.1, 0.15) is 32.3 Å². The van der Waals surface area contributed by atoms with E-state index in [0.717, 1.165) is 44.0 Å². The first-order valence-corrected chi connectivity index (χ1v) is 9.56. The van der Waals surface area contributed by atoms with Crippen molar-refractivity contribution in [3.63, 3.8) is 0 Å². The molecule has 1 saturated heterocycles. The van der Waals surface area contributed by atoms with Gasteiger partial charge in [0, 0.05) is 31.2 Å². The molecule has 1 fully saturated rings. The van der Waals surface area contributed by atoms with Crippen molar-refractivity contribution in [1.82, 2.24) is 10.2 Å². The Morgan fingerprint density at radius 2 is 2.07 bits per heavy atom. The number of rotatable bonds is 6. The van der Waals surface area contributed by atoms with Crippen LogP contribution in [-0.2, 0) is 16.0 Å². The molecule has 0 saturated carbocycles. The third-order valence-corrected chi connectivity index (χ3v) is 4.76. The van der Waals surface area contributed by atoms with Crippen LogP contribution in [0.4, 0.5) is 4.39 Å². The number of hydrogen-bond donors (Lipinski definition) is 1. The molecule has 0 spiro atoms. The highest BCUT2D eigenvalue weighted by Crippen LogP contribution is 2.20. The normalized spacial score (nSPS) is 15.3. The highest BCUT2D eigenvalue weighted by molar-refractivity contribution is 14.0. The maximum atomic E-state index is 13.1. The molecule has 1 N–H and O–H groups in total. The molecule has 0 radical (unpaired) electrons. The number of guanidine groups is 1. The van der Waals surface area contributed by atoms with E-state index in [1.807, 2.05) is 13.8 Å². The molecule has 1 aromatic carbocycles. The van der Waals surface area contributed by atoms with Gasteiger partial charge in [-0.05, 0) is 50.8 Å². The summed E-state index contributed by atoms with van der Waals surface area (Å²) in [6.45, 7) is 7.15. The lowest BCUT2D eigenvalue weighted by Crippen LogP contribution is -2.46. The van der Waals surface area contributed by atoms with Gasteiger partial charge in [0.25, 0.3) is 0 Å². The third kappa shape index (κ3) is 7.44. The summed E-state index contributed by atoms with van der Waals surface area (Å²) >= 11 is 6.07. The van der Waals surface area contributed by atoms with Crippen molar-refractivity contribution >= 4 is 47.5 Å². The summed E-state index contributed by atoms with van der Waals surface area (Å²) in [5.41, 5.74) is 0.883.